The van der Waals surface area contributed by atoms with E-state index < -0.39 is 17.6 Å². The molecule has 6 nitrogen and oxygen atoms in total. The molecule has 0 bridgehead atoms. The van der Waals surface area contributed by atoms with E-state index in [4.69, 9.17) is 0 Å². The molecule has 1 aliphatic carbocycles. The highest BCUT2D eigenvalue weighted by molar-refractivity contribution is 5.81. The highest BCUT2D eigenvalue weighted by Crippen LogP contribution is 2.44. The van der Waals surface area contributed by atoms with E-state index >= 15 is 0 Å². The number of nitrogens with one attached hydrogen (secondary N) is 1. The summed E-state index contributed by atoms with van der Waals surface area (Å²) in [6.07, 6.45) is 1.40. The zero-order valence-corrected chi connectivity index (χ0v) is 15.9. The summed E-state index contributed by atoms with van der Waals surface area (Å²) in [7, 11) is 0. The van der Waals surface area contributed by atoms with Crippen LogP contribution in [0.4, 0.5) is 29.1 Å². The smallest absolute Gasteiger partial charge is 0.416 e. The molecule has 158 valence electrons. The average Bonchev–Trinajstić information content (AvgIpc) is 3.48. The molecule has 3 aromatic heterocycles. The fourth-order valence-corrected chi connectivity index (χ4v) is 3.48. The van der Waals surface area contributed by atoms with Crippen LogP contribution in [0.3, 0.4) is 0 Å². The van der Waals surface area contributed by atoms with E-state index in [-0.39, 0.29) is 11.7 Å². The predicted octanol–water partition coefficient (Wildman–Crippen LogP) is 4.81. The molecule has 0 aliphatic heterocycles. The van der Waals surface area contributed by atoms with Crippen molar-refractivity contribution < 1.29 is 22.3 Å². The summed E-state index contributed by atoms with van der Waals surface area (Å²) in [4.78, 5) is 4.46. The van der Waals surface area contributed by atoms with Crippen molar-refractivity contribution in [3.63, 3.8) is 0 Å². The van der Waals surface area contributed by atoms with Crippen LogP contribution in [-0.4, -0.2) is 14.6 Å². The Hall–Kier alpha value is -3.69. The minimum Gasteiger partial charge on any atom is -0.619 e. The van der Waals surface area contributed by atoms with Crippen molar-refractivity contribution in [3.05, 3.63) is 77.3 Å². The Morgan fingerprint density at radius 3 is 2.52 bits per heavy atom. The monoisotopic (exact) mass is 429 g/mol. The van der Waals surface area contributed by atoms with E-state index in [0.29, 0.717) is 27.2 Å². The Morgan fingerprint density at radius 1 is 1.10 bits per heavy atom. The molecule has 10 heteroatoms. The zero-order chi connectivity index (χ0) is 21.8. The van der Waals surface area contributed by atoms with Crippen molar-refractivity contribution in [2.24, 2.45) is 0 Å². The summed E-state index contributed by atoms with van der Waals surface area (Å²) in [5.74, 6) is -0.0822. The number of aromatic nitrogens is 4. The Morgan fingerprint density at radius 2 is 1.84 bits per heavy atom. The van der Waals surface area contributed by atoms with Crippen LogP contribution in [0.2, 0.25) is 0 Å². The zero-order valence-electron chi connectivity index (χ0n) is 15.9. The molecule has 0 saturated heterocycles. The number of fused-ring (bicyclic) bond motifs is 1. The Bertz CT molecular complexity index is 1280. The van der Waals surface area contributed by atoms with Crippen LogP contribution in [-0.2, 0) is 6.18 Å². The average molecular weight is 429 g/mol. The van der Waals surface area contributed by atoms with E-state index in [1.165, 1.54) is 42.9 Å². The van der Waals surface area contributed by atoms with E-state index in [1.807, 2.05) is 0 Å². The number of anilines is 2. The lowest BCUT2D eigenvalue weighted by Crippen LogP contribution is -2.26. The number of alkyl halides is 3. The summed E-state index contributed by atoms with van der Waals surface area (Å²) in [6.45, 7) is 0. The third kappa shape index (κ3) is 3.76. The van der Waals surface area contributed by atoms with Crippen LogP contribution in [0.15, 0.2) is 55.0 Å². The quantitative estimate of drug-likeness (QED) is 0.287. The van der Waals surface area contributed by atoms with Crippen LogP contribution in [0.25, 0.3) is 16.8 Å². The van der Waals surface area contributed by atoms with Crippen LogP contribution in [0, 0.1) is 11.0 Å². The number of benzene rings is 1. The second kappa shape index (κ2) is 6.93. The Kier molecular flexibility index (Phi) is 4.31. The molecule has 0 radical (unpaired) electrons. The molecule has 3 heterocycles. The minimum absolute atomic E-state index is 0.143. The van der Waals surface area contributed by atoms with E-state index in [1.54, 1.807) is 4.52 Å². The highest BCUT2D eigenvalue weighted by Gasteiger charge is 2.32. The highest BCUT2D eigenvalue weighted by atomic mass is 19.4. The van der Waals surface area contributed by atoms with Gasteiger partial charge in [0.25, 0.3) is 0 Å². The normalized spacial score (nSPS) is 14.2. The van der Waals surface area contributed by atoms with Gasteiger partial charge in [-0.15, -0.1) is 0 Å². The van der Waals surface area contributed by atoms with Gasteiger partial charge in [0, 0.05) is 23.9 Å². The first-order valence-electron chi connectivity index (χ1n) is 9.51. The lowest BCUT2D eigenvalue weighted by atomic mass is 10.1. The summed E-state index contributed by atoms with van der Waals surface area (Å²) >= 11 is 0. The van der Waals surface area contributed by atoms with E-state index in [2.05, 4.69) is 15.4 Å². The molecule has 1 saturated carbocycles. The van der Waals surface area contributed by atoms with Gasteiger partial charge in [0.1, 0.15) is 11.5 Å². The van der Waals surface area contributed by atoms with Gasteiger partial charge < -0.3 is 10.5 Å². The van der Waals surface area contributed by atoms with E-state index in [9.17, 15) is 22.8 Å². The third-order valence-corrected chi connectivity index (χ3v) is 5.07. The number of halogens is 4. The molecule has 4 aromatic rings. The fraction of sp³-hybridized carbons (Fsp3) is 0.190. The number of hydrogen-bond acceptors (Lipinski definition) is 4. The first kappa shape index (κ1) is 19.3. The summed E-state index contributed by atoms with van der Waals surface area (Å²) in [6, 6.07) is 7.03. The molecule has 0 unspecified atom stereocenters. The van der Waals surface area contributed by atoms with Gasteiger partial charge in [-0.2, -0.15) is 23.0 Å². The van der Waals surface area contributed by atoms with Gasteiger partial charge in [-0.1, -0.05) is 0 Å². The molecule has 1 fully saturated rings. The van der Waals surface area contributed by atoms with Crippen molar-refractivity contribution in [1.29, 1.82) is 0 Å². The maximum absolute atomic E-state index is 13.9. The summed E-state index contributed by atoms with van der Waals surface area (Å²) in [5, 5.41) is 19.7. The lowest BCUT2D eigenvalue weighted by molar-refractivity contribution is -0.604. The fourth-order valence-electron chi connectivity index (χ4n) is 3.48. The van der Waals surface area contributed by atoms with Gasteiger partial charge in [-0.25, -0.2) is 13.9 Å². The molecule has 0 amide bonds. The SMILES string of the molecule is [O-][n+]1cc(Nc2ccc(C(F)(F)F)cc2)nc(-c2c(C3CC3)nn3ccc(F)cc23)c1. The van der Waals surface area contributed by atoms with Crippen LogP contribution < -0.4 is 10.0 Å². The van der Waals surface area contributed by atoms with E-state index in [0.717, 1.165) is 30.7 Å². The molecular weight excluding hydrogens is 414 g/mol. The molecule has 5 rings (SSSR count). The van der Waals surface area contributed by atoms with Gasteiger partial charge in [0.05, 0.1) is 22.3 Å². The predicted molar refractivity (Wildman–Crippen MR) is 104 cm³/mol. The van der Waals surface area contributed by atoms with Gasteiger partial charge >= 0.3 is 6.18 Å². The maximum atomic E-state index is 13.9. The van der Waals surface area contributed by atoms with Crippen LogP contribution in [0.1, 0.15) is 30.0 Å². The number of hydrogen-bond donors (Lipinski definition) is 1. The van der Waals surface area contributed by atoms with Crippen molar-refractivity contribution in [3.8, 4) is 11.3 Å². The molecule has 1 aromatic carbocycles. The second-order valence-corrected chi connectivity index (χ2v) is 7.41. The van der Waals surface area contributed by atoms with Crippen LogP contribution >= 0.6 is 0 Å². The lowest BCUT2D eigenvalue weighted by Gasteiger charge is -2.10. The van der Waals surface area contributed by atoms with Gasteiger partial charge in [0.2, 0.25) is 12.4 Å². The molecular formula is C21H15F4N5O. The maximum Gasteiger partial charge on any atom is 0.416 e. The number of pyridine rings is 1. The van der Waals surface area contributed by atoms with Crippen molar-refractivity contribution in [1.82, 2.24) is 14.6 Å². The second-order valence-electron chi connectivity index (χ2n) is 7.41. The Labute approximate surface area is 173 Å². The van der Waals surface area contributed by atoms with Gasteiger partial charge in [-0.3, -0.25) is 0 Å². The third-order valence-electron chi connectivity index (χ3n) is 5.07. The molecule has 1 aliphatic rings. The first-order chi connectivity index (χ1) is 14.8. The topological polar surface area (TPSA) is 69.2 Å². The van der Waals surface area contributed by atoms with Crippen molar-refractivity contribution in [2.75, 3.05) is 5.32 Å². The molecule has 0 spiro atoms. The Balaban J connectivity index is 1.55. The van der Waals surface area contributed by atoms with Crippen LogP contribution in [0.5, 0.6) is 0 Å². The summed E-state index contributed by atoms with van der Waals surface area (Å²) in [5.41, 5.74) is 1.66. The summed E-state index contributed by atoms with van der Waals surface area (Å²) < 4.78 is 54.3. The largest absolute Gasteiger partial charge is 0.619 e. The minimum atomic E-state index is -4.44. The molecule has 1 N–H and O–H groups in total. The van der Waals surface area contributed by atoms with Crippen molar-refractivity contribution in [2.45, 2.75) is 24.9 Å². The molecule has 31 heavy (non-hydrogen) atoms. The number of rotatable bonds is 4. The van der Waals surface area contributed by atoms with Crippen molar-refractivity contribution >= 4 is 17.0 Å². The number of nitrogens with zero attached hydrogens (tertiary/aromatic N) is 4. The van der Waals surface area contributed by atoms with Gasteiger partial charge in [0.15, 0.2) is 5.82 Å². The first-order valence-corrected chi connectivity index (χ1v) is 9.51. The standard InChI is InChI=1S/C21H15F4N5O/c22-14-7-8-30-17(9-14)19(20(28-30)12-1-2-12)16-10-29(31)11-18(27-16)26-15-5-3-13(4-6-15)21(23,24)25/h3-12H,1-2H2,(H,26,27). The molecule has 0 atom stereocenters. The van der Waals surface area contributed by atoms with Gasteiger partial charge in [-0.05, 0) is 43.2 Å².